The number of rotatable bonds is 4. The van der Waals surface area contributed by atoms with E-state index in [4.69, 9.17) is 11.6 Å². The normalized spacial score (nSPS) is 14.1. The quantitative estimate of drug-likeness (QED) is 0.491. The number of amidine groups is 1. The summed E-state index contributed by atoms with van der Waals surface area (Å²) in [7, 11) is 0. The number of halogens is 4. The fourth-order valence-electron chi connectivity index (χ4n) is 2.66. The van der Waals surface area contributed by atoms with E-state index >= 15 is 0 Å². The molecule has 3 rings (SSSR count). The van der Waals surface area contributed by atoms with Crippen molar-refractivity contribution in [2.75, 3.05) is 13.1 Å². The summed E-state index contributed by atoms with van der Waals surface area (Å²) in [5.74, 6) is -0.311. The van der Waals surface area contributed by atoms with Gasteiger partial charge in [-0.1, -0.05) is 35.5 Å². The molecule has 1 aliphatic rings. The number of nitrogens with zero attached hydrogens (tertiary/aromatic N) is 3. The number of hydrogen-bond donors (Lipinski definition) is 0. The molecule has 6 nitrogen and oxygen atoms in total. The van der Waals surface area contributed by atoms with Gasteiger partial charge in [-0.3, -0.25) is 24.8 Å². The monoisotopic (exact) mass is 443 g/mol. The molecule has 152 valence electrons. The molecule has 0 atom stereocenters. The van der Waals surface area contributed by atoms with Crippen LogP contribution in [0.25, 0.3) is 0 Å². The van der Waals surface area contributed by atoms with Gasteiger partial charge in [0.15, 0.2) is 5.17 Å². The van der Waals surface area contributed by atoms with E-state index in [1.807, 2.05) is 0 Å². The maximum absolute atomic E-state index is 12.8. The molecule has 0 aromatic heterocycles. The molecular formula is C18H13ClF3N3O3S. The van der Waals surface area contributed by atoms with Crippen molar-refractivity contribution >= 4 is 40.1 Å². The number of hydrogen-bond acceptors (Lipinski definition) is 5. The molecule has 2 aromatic carbocycles. The van der Waals surface area contributed by atoms with Gasteiger partial charge >= 0.3 is 6.18 Å². The van der Waals surface area contributed by atoms with Crippen LogP contribution in [0.15, 0.2) is 47.5 Å². The zero-order valence-electron chi connectivity index (χ0n) is 14.6. The SMILES string of the molecule is O=C(c1cc(Cl)ccc1[N+](=O)[O-])N1CCN=C1SCc1ccc(C(F)(F)F)cc1. The highest BCUT2D eigenvalue weighted by Gasteiger charge is 2.31. The molecule has 1 amide bonds. The van der Waals surface area contributed by atoms with E-state index < -0.39 is 22.6 Å². The summed E-state index contributed by atoms with van der Waals surface area (Å²) in [5, 5.41) is 11.8. The van der Waals surface area contributed by atoms with Gasteiger partial charge < -0.3 is 0 Å². The van der Waals surface area contributed by atoms with Crippen LogP contribution in [0.1, 0.15) is 21.5 Å². The van der Waals surface area contributed by atoms with Crippen molar-refractivity contribution in [1.29, 1.82) is 0 Å². The van der Waals surface area contributed by atoms with Crippen molar-refractivity contribution in [3.05, 3.63) is 74.3 Å². The average Bonchev–Trinajstić information content (AvgIpc) is 3.13. The minimum Gasteiger partial charge on any atom is -0.285 e. The van der Waals surface area contributed by atoms with Crippen LogP contribution in [0.3, 0.4) is 0 Å². The lowest BCUT2D eigenvalue weighted by atomic mass is 10.1. The van der Waals surface area contributed by atoms with Gasteiger partial charge in [0.2, 0.25) is 0 Å². The summed E-state index contributed by atoms with van der Waals surface area (Å²) in [5.41, 5.74) is -0.626. The Morgan fingerprint density at radius 3 is 2.55 bits per heavy atom. The van der Waals surface area contributed by atoms with Gasteiger partial charge in [0.1, 0.15) is 5.56 Å². The molecule has 2 aromatic rings. The second-order valence-electron chi connectivity index (χ2n) is 6.02. The molecule has 0 fully saturated rings. The van der Waals surface area contributed by atoms with Crippen molar-refractivity contribution in [1.82, 2.24) is 4.90 Å². The Hall–Kier alpha value is -2.59. The van der Waals surface area contributed by atoms with Crippen LogP contribution >= 0.6 is 23.4 Å². The number of benzene rings is 2. The fraction of sp³-hybridized carbons (Fsp3) is 0.222. The van der Waals surface area contributed by atoms with Crippen LogP contribution in [-0.4, -0.2) is 34.0 Å². The van der Waals surface area contributed by atoms with Crippen LogP contribution in [-0.2, 0) is 11.9 Å². The van der Waals surface area contributed by atoms with E-state index in [0.717, 1.165) is 18.2 Å². The van der Waals surface area contributed by atoms with E-state index in [-0.39, 0.29) is 22.8 Å². The van der Waals surface area contributed by atoms with Gasteiger partial charge in [-0.15, -0.1) is 0 Å². The molecule has 11 heteroatoms. The van der Waals surface area contributed by atoms with Gasteiger partial charge in [0.05, 0.1) is 17.0 Å². The molecule has 1 heterocycles. The minimum absolute atomic E-state index is 0.146. The smallest absolute Gasteiger partial charge is 0.285 e. The van der Waals surface area contributed by atoms with Crippen molar-refractivity contribution in [2.24, 2.45) is 4.99 Å². The highest BCUT2D eigenvalue weighted by Crippen LogP contribution is 2.30. The fourth-order valence-corrected chi connectivity index (χ4v) is 3.83. The standard InChI is InChI=1S/C18H13ClF3N3O3S/c19-13-5-6-15(25(27)28)14(9-13)16(26)24-8-7-23-17(24)29-10-11-1-3-12(4-2-11)18(20,21)22/h1-6,9H,7-8,10H2. The first-order valence-electron chi connectivity index (χ1n) is 8.26. The van der Waals surface area contributed by atoms with Crippen molar-refractivity contribution in [3.63, 3.8) is 0 Å². The summed E-state index contributed by atoms with van der Waals surface area (Å²) in [6.45, 7) is 0.577. The molecule has 29 heavy (non-hydrogen) atoms. The Labute approximate surface area is 172 Å². The maximum Gasteiger partial charge on any atom is 0.416 e. The lowest BCUT2D eigenvalue weighted by molar-refractivity contribution is -0.385. The second kappa shape index (κ2) is 8.42. The predicted octanol–water partition coefficient (Wildman–Crippen LogP) is 5.01. The van der Waals surface area contributed by atoms with E-state index in [1.54, 1.807) is 0 Å². The predicted molar refractivity (Wildman–Crippen MR) is 104 cm³/mol. The van der Waals surface area contributed by atoms with Gasteiger partial charge in [0, 0.05) is 23.4 Å². The lowest BCUT2D eigenvalue weighted by Crippen LogP contribution is -2.33. The molecule has 0 spiro atoms. The van der Waals surface area contributed by atoms with E-state index in [2.05, 4.69) is 4.99 Å². The first-order valence-corrected chi connectivity index (χ1v) is 9.62. The average molecular weight is 444 g/mol. The van der Waals surface area contributed by atoms with Gasteiger partial charge in [-0.2, -0.15) is 13.2 Å². The summed E-state index contributed by atoms with van der Waals surface area (Å²) >= 11 is 7.06. The first kappa shape index (κ1) is 21.1. The largest absolute Gasteiger partial charge is 0.416 e. The number of carbonyl (C=O) groups is 1. The summed E-state index contributed by atoms with van der Waals surface area (Å²) in [4.78, 5) is 29.0. The Morgan fingerprint density at radius 2 is 1.93 bits per heavy atom. The van der Waals surface area contributed by atoms with Gasteiger partial charge in [-0.05, 0) is 29.8 Å². The van der Waals surface area contributed by atoms with Crippen molar-refractivity contribution in [3.8, 4) is 0 Å². The van der Waals surface area contributed by atoms with Crippen LogP contribution in [0, 0.1) is 10.1 Å². The Morgan fingerprint density at radius 1 is 1.24 bits per heavy atom. The number of alkyl halides is 3. The molecular weight excluding hydrogens is 431 g/mol. The number of aliphatic imine (C=N–C) groups is 1. The molecule has 0 unspecified atom stereocenters. The highest BCUT2D eigenvalue weighted by atomic mass is 35.5. The van der Waals surface area contributed by atoms with Crippen molar-refractivity contribution < 1.29 is 22.9 Å². The van der Waals surface area contributed by atoms with Crippen LogP contribution in [0.4, 0.5) is 18.9 Å². The Bertz CT molecular complexity index is 981. The number of nitro benzene ring substituents is 1. The van der Waals surface area contributed by atoms with E-state index in [1.165, 1.54) is 40.9 Å². The molecule has 0 N–H and O–H groups in total. The molecule has 0 bridgehead atoms. The third-order valence-electron chi connectivity index (χ3n) is 4.08. The van der Waals surface area contributed by atoms with Gasteiger partial charge in [-0.25, -0.2) is 0 Å². The molecule has 0 saturated heterocycles. The topological polar surface area (TPSA) is 75.8 Å². The Balaban J connectivity index is 1.73. The van der Waals surface area contributed by atoms with Crippen LogP contribution < -0.4 is 0 Å². The molecule has 0 radical (unpaired) electrons. The Kier molecular flexibility index (Phi) is 6.13. The summed E-state index contributed by atoms with van der Waals surface area (Å²) in [6, 6.07) is 8.43. The number of thioether (sulfide) groups is 1. The minimum atomic E-state index is -4.41. The van der Waals surface area contributed by atoms with Crippen molar-refractivity contribution in [2.45, 2.75) is 11.9 Å². The summed E-state index contributed by atoms with van der Waals surface area (Å²) < 4.78 is 37.9. The molecule has 0 aliphatic carbocycles. The maximum atomic E-state index is 12.8. The first-order chi connectivity index (χ1) is 13.7. The number of nitro groups is 1. The molecule has 1 aliphatic heterocycles. The third-order valence-corrected chi connectivity index (χ3v) is 5.40. The molecule has 0 saturated carbocycles. The highest BCUT2D eigenvalue weighted by molar-refractivity contribution is 8.13. The lowest BCUT2D eigenvalue weighted by Gasteiger charge is -2.18. The van der Waals surface area contributed by atoms with Crippen LogP contribution in [0.2, 0.25) is 5.02 Å². The van der Waals surface area contributed by atoms with E-state index in [0.29, 0.717) is 23.0 Å². The van der Waals surface area contributed by atoms with Crippen LogP contribution in [0.5, 0.6) is 0 Å². The number of amides is 1. The number of carbonyl (C=O) groups excluding carboxylic acids is 1. The zero-order chi connectivity index (χ0) is 21.2. The third kappa shape index (κ3) is 4.88. The van der Waals surface area contributed by atoms with Gasteiger partial charge in [0.25, 0.3) is 11.6 Å². The van der Waals surface area contributed by atoms with E-state index in [9.17, 15) is 28.1 Å². The summed E-state index contributed by atoms with van der Waals surface area (Å²) in [6.07, 6.45) is -4.41. The zero-order valence-corrected chi connectivity index (χ0v) is 16.2. The second-order valence-corrected chi connectivity index (χ2v) is 7.40.